The molecular weight excluding hydrogens is 304 g/mol. The highest BCUT2D eigenvalue weighted by Gasteiger charge is 2.33. The number of hydrogen-bond donors (Lipinski definition) is 1. The van der Waals surface area contributed by atoms with Gasteiger partial charge in [0.25, 0.3) is 10.0 Å². The molecule has 8 nitrogen and oxygen atoms in total. The van der Waals surface area contributed by atoms with E-state index in [1.165, 1.54) is 21.1 Å². The lowest BCUT2D eigenvalue weighted by molar-refractivity contribution is 0.272. The Morgan fingerprint density at radius 1 is 1.15 bits per heavy atom. The third kappa shape index (κ3) is 3.03. The molecule has 114 valence electrons. The van der Waals surface area contributed by atoms with Gasteiger partial charge in [-0.1, -0.05) is 6.92 Å². The van der Waals surface area contributed by atoms with Gasteiger partial charge in [0, 0.05) is 26.2 Å². The molecule has 2 rings (SSSR count). The van der Waals surface area contributed by atoms with Crippen LogP contribution >= 0.6 is 0 Å². The second-order valence-electron chi connectivity index (χ2n) is 4.54. The molecule has 0 saturated carbocycles. The van der Waals surface area contributed by atoms with Crippen LogP contribution in [-0.4, -0.2) is 67.3 Å². The van der Waals surface area contributed by atoms with E-state index in [0.717, 1.165) is 0 Å². The van der Waals surface area contributed by atoms with Crippen LogP contribution in [0.4, 0.5) is 0 Å². The number of aromatic nitrogens is 2. The molecule has 1 N–H and O–H groups in total. The average molecular weight is 322 g/mol. The zero-order valence-electron chi connectivity index (χ0n) is 11.2. The Kier molecular flexibility index (Phi) is 4.47. The van der Waals surface area contributed by atoms with Crippen molar-refractivity contribution in [3.05, 3.63) is 12.5 Å². The first-order valence-electron chi connectivity index (χ1n) is 6.34. The van der Waals surface area contributed by atoms with E-state index in [0.29, 0.717) is 6.42 Å². The molecule has 1 aromatic rings. The molecule has 1 fully saturated rings. The van der Waals surface area contributed by atoms with E-state index < -0.39 is 20.0 Å². The summed E-state index contributed by atoms with van der Waals surface area (Å²) in [5.41, 5.74) is 0. The van der Waals surface area contributed by atoms with Crippen LogP contribution in [0.5, 0.6) is 0 Å². The number of piperazine rings is 1. The molecule has 0 unspecified atom stereocenters. The topological polar surface area (TPSA) is 103 Å². The van der Waals surface area contributed by atoms with Crippen LogP contribution in [-0.2, 0) is 20.0 Å². The molecule has 0 spiro atoms. The first-order valence-corrected chi connectivity index (χ1v) is 9.39. The Bertz CT molecular complexity index is 631. The quantitative estimate of drug-likeness (QED) is 0.784. The summed E-state index contributed by atoms with van der Waals surface area (Å²) in [5.74, 6) is 0.0975. The fourth-order valence-electron chi connectivity index (χ4n) is 2.10. The third-order valence-corrected chi connectivity index (χ3v) is 7.04. The third-order valence-electron chi connectivity index (χ3n) is 3.14. The summed E-state index contributed by atoms with van der Waals surface area (Å²) >= 11 is 0. The van der Waals surface area contributed by atoms with Gasteiger partial charge in [-0.3, -0.25) is 0 Å². The van der Waals surface area contributed by atoms with Gasteiger partial charge >= 0.3 is 0 Å². The standard InChI is InChI=1S/C10H18N4O4S2/c1-2-7-19(15,16)13-3-5-14(6-4-13)20(17,18)10-8-11-9-12-10/h8-9H,2-7H2,1H3,(H,11,12). The van der Waals surface area contributed by atoms with E-state index in [2.05, 4.69) is 9.97 Å². The van der Waals surface area contributed by atoms with Crippen molar-refractivity contribution in [2.75, 3.05) is 31.9 Å². The molecular formula is C10H18N4O4S2. The van der Waals surface area contributed by atoms with Gasteiger partial charge in [-0.05, 0) is 6.42 Å². The van der Waals surface area contributed by atoms with Crippen molar-refractivity contribution in [2.24, 2.45) is 0 Å². The van der Waals surface area contributed by atoms with Gasteiger partial charge < -0.3 is 4.98 Å². The Hall–Kier alpha value is -0.970. The fourth-order valence-corrected chi connectivity index (χ4v) is 4.91. The van der Waals surface area contributed by atoms with E-state index >= 15 is 0 Å². The summed E-state index contributed by atoms with van der Waals surface area (Å²) in [6, 6.07) is 0. The molecule has 0 amide bonds. The highest BCUT2D eigenvalue weighted by Crippen LogP contribution is 2.16. The predicted molar refractivity (Wildman–Crippen MR) is 73.0 cm³/mol. The number of H-pyrrole nitrogens is 1. The number of nitrogens with zero attached hydrogens (tertiary/aromatic N) is 3. The molecule has 1 aliphatic heterocycles. The molecule has 0 aliphatic carbocycles. The van der Waals surface area contributed by atoms with Crippen LogP contribution in [0.1, 0.15) is 13.3 Å². The summed E-state index contributed by atoms with van der Waals surface area (Å²) in [6.45, 7) is 2.50. The monoisotopic (exact) mass is 322 g/mol. The summed E-state index contributed by atoms with van der Waals surface area (Å²) in [4.78, 5) is 6.26. The molecule has 2 heterocycles. The minimum Gasteiger partial charge on any atom is -0.335 e. The van der Waals surface area contributed by atoms with Crippen molar-refractivity contribution in [1.29, 1.82) is 0 Å². The highest BCUT2D eigenvalue weighted by atomic mass is 32.2. The van der Waals surface area contributed by atoms with E-state index in [4.69, 9.17) is 0 Å². The van der Waals surface area contributed by atoms with Crippen molar-refractivity contribution in [2.45, 2.75) is 18.4 Å². The second kappa shape index (κ2) is 5.80. The number of rotatable bonds is 5. The summed E-state index contributed by atoms with van der Waals surface area (Å²) in [6.07, 6.45) is 3.10. The van der Waals surface area contributed by atoms with Gasteiger partial charge in [0.1, 0.15) is 0 Å². The van der Waals surface area contributed by atoms with Gasteiger partial charge in [0.05, 0.1) is 18.3 Å². The maximum Gasteiger partial charge on any atom is 0.260 e. The van der Waals surface area contributed by atoms with Crippen molar-refractivity contribution in [1.82, 2.24) is 18.6 Å². The Morgan fingerprint density at radius 3 is 2.25 bits per heavy atom. The zero-order valence-corrected chi connectivity index (χ0v) is 12.8. The van der Waals surface area contributed by atoms with Gasteiger partial charge in [-0.25, -0.2) is 21.8 Å². The number of imidazole rings is 1. The first kappa shape index (κ1) is 15.4. The summed E-state index contributed by atoms with van der Waals surface area (Å²) in [5, 5.41) is 0.0300. The Morgan fingerprint density at radius 2 is 1.75 bits per heavy atom. The van der Waals surface area contributed by atoms with Crippen LogP contribution < -0.4 is 0 Å². The zero-order chi connectivity index (χ0) is 14.8. The van der Waals surface area contributed by atoms with Crippen molar-refractivity contribution < 1.29 is 16.8 Å². The van der Waals surface area contributed by atoms with Crippen LogP contribution in [0.2, 0.25) is 0 Å². The fraction of sp³-hybridized carbons (Fsp3) is 0.700. The van der Waals surface area contributed by atoms with Crippen LogP contribution in [0.15, 0.2) is 17.6 Å². The summed E-state index contributed by atoms with van der Waals surface area (Å²) in [7, 11) is -6.87. The number of hydrogen-bond acceptors (Lipinski definition) is 5. The lowest BCUT2D eigenvalue weighted by Gasteiger charge is -2.32. The SMILES string of the molecule is CCCS(=O)(=O)N1CCN(S(=O)(=O)c2cnc[nH]2)CC1. The largest absolute Gasteiger partial charge is 0.335 e. The predicted octanol–water partition coefficient (Wildman–Crippen LogP) is -0.544. The molecule has 1 aliphatic rings. The van der Waals surface area contributed by atoms with E-state index in [1.807, 2.05) is 0 Å². The van der Waals surface area contributed by atoms with Crippen LogP contribution in [0.25, 0.3) is 0 Å². The van der Waals surface area contributed by atoms with Crippen LogP contribution in [0.3, 0.4) is 0 Å². The number of nitrogens with one attached hydrogen (secondary N) is 1. The number of sulfonamides is 2. The molecule has 1 aromatic heterocycles. The maximum absolute atomic E-state index is 12.2. The molecule has 20 heavy (non-hydrogen) atoms. The minimum absolute atomic E-state index is 0.0300. The minimum atomic E-state index is -3.61. The Balaban J connectivity index is 2.05. The molecule has 0 bridgehead atoms. The molecule has 1 saturated heterocycles. The van der Waals surface area contributed by atoms with Gasteiger partial charge in [0.15, 0.2) is 5.03 Å². The van der Waals surface area contributed by atoms with E-state index in [9.17, 15) is 16.8 Å². The van der Waals surface area contributed by atoms with Gasteiger partial charge in [-0.15, -0.1) is 0 Å². The van der Waals surface area contributed by atoms with E-state index in [-0.39, 0.29) is 37.0 Å². The smallest absolute Gasteiger partial charge is 0.260 e. The lowest BCUT2D eigenvalue weighted by atomic mass is 10.4. The lowest BCUT2D eigenvalue weighted by Crippen LogP contribution is -2.50. The number of aromatic amines is 1. The normalized spacial score (nSPS) is 19.2. The van der Waals surface area contributed by atoms with Crippen molar-refractivity contribution in [3.8, 4) is 0 Å². The van der Waals surface area contributed by atoms with Crippen molar-refractivity contribution in [3.63, 3.8) is 0 Å². The average Bonchev–Trinajstić information content (AvgIpc) is 2.93. The van der Waals surface area contributed by atoms with Crippen molar-refractivity contribution >= 4 is 20.0 Å². The van der Waals surface area contributed by atoms with Gasteiger partial charge in [-0.2, -0.15) is 8.61 Å². The maximum atomic E-state index is 12.2. The second-order valence-corrected chi connectivity index (χ2v) is 8.53. The summed E-state index contributed by atoms with van der Waals surface area (Å²) < 4.78 is 50.9. The first-order chi connectivity index (χ1) is 9.38. The molecule has 0 atom stereocenters. The Labute approximate surface area is 118 Å². The molecule has 0 aromatic carbocycles. The highest BCUT2D eigenvalue weighted by molar-refractivity contribution is 7.89. The molecule has 10 heteroatoms. The van der Waals surface area contributed by atoms with Crippen LogP contribution in [0, 0.1) is 0 Å². The van der Waals surface area contributed by atoms with Gasteiger partial charge in [0.2, 0.25) is 10.0 Å². The van der Waals surface area contributed by atoms with E-state index in [1.54, 1.807) is 6.92 Å². The molecule has 0 radical (unpaired) electrons.